The van der Waals surface area contributed by atoms with Crippen molar-refractivity contribution >= 4 is 27.4 Å². The van der Waals surface area contributed by atoms with E-state index in [2.05, 4.69) is 46.4 Å². The number of benzene rings is 1. The van der Waals surface area contributed by atoms with Gasteiger partial charge in [0, 0.05) is 36.3 Å². The van der Waals surface area contributed by atoms with E-state index in [1.165, 1.54) is 5.56 Å². The van der Waals surface area contributed by atoms with Gasteiger partial charge in [0.05, 0.1) is 10.3 Å². The first kappa shape index (κ1) is 20.0. The van der Waals surface area contributed by atoms with E-state index < -0.39 is 6.67 Å². The molecule has 0 atom stereocenters. The number of alkyl halides is 1. The highest BCUT2D eigenvalue weighted by molar-refractivity contribution is 7.18. The second kappa shape index (κ2) is 9.95. The standard InChI is InChI=1S/C24H21FN4S/c25-13-5-4-10-20-17-30-22-21(20)28-23(19-11-15-26-16-12-19)29-24(22)27-14-6-9-18-7-2-1-3-8-18/h1-3,7-8,11-12,15-17H,5-6,9,13-14H2,(H,27,28,29). The van der Waals surface area contributed by atoms with Gasteiger partial charge in [-0.25, -0.2) is 9.97 Å². The van der Waals surface area contributed by atoms with Crippen molar-refractivity contribution in [3.63, 3.8) is 0 Å². The molecule has 0 unspecified atom stereocenters. The summed E-state index contributed by atoms with van der Waals surface area (Å²) in [7, 11) is 0. The van der Waals surface area contributed by atoms with Crippen LogP contribution in [0.5, 0.6) is 0 Å². The number of halogens is 1. The molecule has 0 saturated heterocycles. The predicted molar refractivity (Wildman–Crippen MR) is 121 cm³/mol. The normalized spacial score (nSPS) is 10.6. The number of nitrogens with one attached hydrogen (secondary N) is 1. The Hall–Kier alpha value is -3.30. The molecule has 6 heteroatoms. The van der Waals surface area contributed by atoms with Crippen LogP contribution in [-0.2, 0) is 6.42 Å². The Morgan fingerprint density at radius 3 is 2.67 bits per heavy atom. The number of hydrogen-bond acceptors (Lipinski definition) is 5. The third-order valence-electron chi connectivity index (χ3n) is 4.57. The highest BCUT2D eigenvalue weighted by Crippen LogP contribution is 2.32. The van der Waals surface area contributed by atoms with Gasteiger partial charge in [0.2, 0.25) is 0 Å². The van der Waals surface area contributed by atoms with Crippen LogP contribution in [0.1, 0.15) is 24.0 Å². The van der Waals surface area contributed by atoms with E-state index in [-0.39, 0.29) is 6.42 Å². The van der Waals surface area contributed by atoms with Crippen molar-refractivity contribution in [3.05, 3.63) is 71.4 Å². The molecule has 0 spiro atoms. The van der Waals surface area contributed by atoms with Gasteiger partial charge in [0.15, 0.2) is 5.82 Å². The van der Waals surface area contributed by atoms with Crippen LogP contribution in [-0.4, -0.2) is 28.2 Å². The number of thiophene rings is 1. The molecule has 0 amide bonds. The molecule has 3 aromatic heterocycles. The molecule has 0 radical (unpaired) electrons. The molecule has 0 saturated carbocycles. The molecular formula is C24H21FN4S. The molecule has 3 heterocycles. The summed E-state index contributed by atoms with van der Waals surface area (Å²) in [5.74, 6) is 7.36. The molecule has 4 rings (SSSR count). The van der Waals surface area contributed by atoms with Crippen LogP contribution >= 0.6 is 11.3 Å². The lowest BCUT2D eigenvalue weighted by atomic mass is 10.1. The van der Waals surface area contributed by atoms with E-state index >= 15 is 0 Å². The Morgan fingerprint density at radius 2 is 1.87 bits per heavy atom. The Labute approximate surface area is 179 Å². The molecule has 1 aromatic carbocycles. The van der Waals surface area contributed by atoms with Crippen LogP contribution in [0.15, 0.2) is 60.2 Å². The highest BCUT2D eigenvalue weighted by Gasteiger charge is 2.14. The third-order valence-corrected chi connectivity index (χ3v) is 5.55. The average Bonchev–Trinajstić information content (AvgIpc) is 3.21. The summed E-state index contributed by atoms with van der Waals surface area (Å²) >= 11 is 1.56. The van der Waals surface area contributed by atoms with Gasteiger partial charge in [-0.15, -0.1) is 11.3 Å². The van der Waals surface area contributed by atoms with Gasteiger partial charge in [-0.2, -0.15) is 0 Å². The van der Waals surface area contributed by atoms with Crippen LogP contribution in [0.4, 0.5) is 10.2 Å². The summed E-state index contributed by atoms with van der Waals surface area (Å²) in [5.41, 5.74) is 3.84. The second-order valence-corrected chi connectivity index (χ2v) is 7.60. The molecule has 1 N–H and O–H groups in total. The van der Waals surface area contributed by atoms with Crippen molar-refractivity contribution < 1.29 is 4.39 Å². The van der Waals surface area contributed by atoms with Gasteiger partial charge in [-0.05, 0) is 30.5 Å². The minimum Gasteiger partial charge on any atom is -0.369 e. The molecular weight excluding hydrogens is 395 g/mol. The molecule has 0 aliphatic heterocycles. The number of hydrogen-bond donors (Lipinski definition) is 1. The fourth-order valence-corrected chi connectivity index (χ4v) is 4.01. The molecule has 4 aromatic rings. The lowest BCUT2D eigenvalue weighted by Crippen LogP contribution is -2.06. The maximum atomic E-state index is 12.4. The number of nitrogens with zero attached hydrogens (tertiary/aromatic N) is 3. The van der Waals surface area contributed by atoms with Crippen molar-refractivity contribution in [2.45, 2.75) is 19.3 Å². The number of fused-ring (bicyclic) bond motifs is 1. The first-order valence-electron chi connectivity index (χ1n) is 9.87. The number of aromatic nitrogens is 3. The Kier molecular flexibility index (Phi) is 6.63. The SMILES string of the molecule is FCCC#Cc1csc2c(NCCCc3ccccc3)nc(-c3ccncc3)nc12. The lowest BCUT2D eigenvalue weighted by Gasteiger charge is -2.09. The predicted octanol–water partition coefficient (Wildman–Crippen LogP) is 5.51. The Balaban J connectivity index is 1.61. The van der Waals surface area contributed by atoms with Crippen LogP contribution < -0.4 is 5.32 Å². The van der Waals surface area contributed by atoms with Crippen LogP contribution in [0.3, 0.4) is 0 Å². The summed E-state index contributed by atoms with van der Waals surface area (Å²) in [6, 6.07) is 14.2. The molecule has 0 fully saturated rings. The van der Waals surface area contributed by atoms with E-state index in [4.69, 9.17) is 9.97 Å². The van der Waals surface area contributed by atoms with Crippen LogP contribution in [0.2, 0.25) is 0 Å². The Bertz CT molecular complexity index is 1160. The quantitative estimate of drug-likeness (QED) is 0.319. The van der Waals surface area contributed by atoms with Crippen LogP contribution in [0, 0.1) is 11.8 Å². The second-order valence-electron chi connectivity index (χ2n) is 6.72. The fraction of sp³-hybridized carbons (Fsp3) is 0.208. The van der Waals surface area contributed by atoms with E-state index in [1.807, 2.05) is 23.6 Å². The zero-order chi connectivity index (χ0) is 20.6. The van der Waals surface area contributed by atoms with Gasteiger partial charge < -0.3 is 5.32 Å². The van der Waals surface area contributed by atoms with E-state index in [0.29, 0.717) is 5.82 Å². The maximum absolute atomic E-state index is 12.4. The fourth-order valence-electron chi connectivity index (χ4n) is 3.11. The first-order valence-corrected chi connectivity index (χ1v) is 10.8. The summed E-state index contributed by atoms with van der Waals surface area (Å²) in [6.45, 7) is 0.359. The molecule has 0 aliphatic rings. The molecule has 0 bridgehead atoms. The molecule has 30 heavy (non-hydrogen) atoms. The zero-order valence-electron chi connectivity index (χ0n) is 16.4. The molecule has 4 nitrogen and oxygen atoms in total. The molecule has 150 valence electrons. The maximum Gasteiger partial charge on any atom is 0.162 e. The van der Waals surface area contributed by atoms with Crippen molar-refractivity contribution in [2.75, 3.05) is 18.5 Å². The monoisotopic (exact) mass is 416 g/mol. The molecule has 0 aliphatic carbocycles. The average molecular weight is 417 g/mol. The smallest absolute Gasteiger partial charge is 0.162 e. The van der Waals surface area contributed by atoms with Gasteiger partial charge in [-0.3, -0.25) is 9.37 Å². The lowest BCUT2D eigenvalue weighted by molar-refractivity contribution is 0.505. The van der Waals surface area contributed by atoms with Crippen molar-refractivity contribution in [1.82, 2.24) is 15.0 Å². The van der Waals surface area contributed by atoms with Gasteiger partial charge in [0.25, 0.3) is 0 Å². The first-order chi connectivity index (χ1) is 14.8. The topological polar surface area (TPSA) is 50.7 Å². The number of pyridine rings is 1. The summed E-state index contributed by atoms with van der Waals surface area (Å²) < 4.78 is 13.4. The van der Waals surface area contributed by atoms with Crippen LogP contribution in [0.25, 0.3) is 21.6 Å². The van der Waals surface area contributed by atoms with Gasteiger partial charge in [-0.1, -0.05) is 42.2 Å². The summed E-state index contributed by atoms with van der Waals surface area (Å²) in [6.07, 6.45) is 5.68. The zero-order valence-corrected chi connectivity index (χ0v) is 17.3. The van der Waals surface area contributed by atoms with Gasteiger partial charge in [0.1, 0.15) is 18.0 Å². The summed E-state index contributed by atoms with van der Waals surface area (Å²) in [5, 5.41) is 5.45. The third kappa shape index (κ3) is 4.81. The van der Waals surface area contributed by atoms with Crippen molar-refractivity contribution in [3.8, 4) is 23.2 Å². The van der Waals surface area contributed by atoms with E-state index in [0.717, 1.165) is 46.5 Å². The van der Waals surface area contributed by atoms with E-state index in [9.17, 15) is 4.39 Å². The minimum atomic E-state index is -0.444. The highest BCUT2D eigenvalue weighted by atomic mass is 32.1. The summed E-state index contributed by atoms with van der Waals surface area (Å²) in [4.78, 5) is 13.6. The van der Waals surface area contributed by atoms with Crippen molar-refractivity contribution in [1.29, 1.82) is 0 Å². The van der Waals surface area contributed by atoms with Crippen molar-refractivity contribution in [2.24, 2.45) is 0 Å². The van der Waals surface area contributed by atoms with E-state index in [1.54, 1.807) is 23.7 Å². The Morgan fingerprint density at radius 1 is 1.03 bits per heavy atom. The minimum absolute atomic E-state index is 0.226. The number of anilines is 1. The number of aryl methyl sites for hydroxylation is 1. The van der Waals surface area contributed by atoms with Gasteiger partial charge >= 0.3 is 0 Å². The number of rotatable bonds is 7. The largest absolute Gasteiger partial charge is 0.369 e.